The monoisotopic (exact) mass is 355 g/mol. The van der Waals surface area contributed by atoms with Gasteiger partial charge in [0.2, 0.25) is 5.91 Å². The summed E-state index contributed by atoms with van der Waals surface area (Å²) < 4.78 is 11.0. The summed E-state index contributed by atoms with van der Waals surface area (Å²) in [5, 5.41) is 11.8. The van der Waals surface area contributed by atoms with Gasteiger partial charge < -0.3 is 19.9 Å². The number of fused-ring (bicyclic) bond motifs is 1. The second kappa shape index (κ2) is 8.38. The van der Waals surface area contributed by atoms with Gasteiger partial charge in [-0.05, 0) is 48.2 Å². The lowest BCUT2D eigenvalue weighted by molar-refractivity contribution is -0.121. The van der Waals surface area contributed by atoms with E-state index in [-0.39, 0.29) is 11.5 Å². The molecule has 1 aliphatic rings. The number of carboxylic acid groups (broad SMARTS) is 1. The van der Waals surface area contributed by atoms with Crippen molar-refractivity contribution in [2.75, 3.05) is 19.8 Å². The van der Waals surface area contributed by atoms with E-state index in [2.05, 4.69) is 5.32 Å². The fourth-order valence-electron chi connectivity index (χ4n) is 2.75. The van der Waals surface area contributed by atoms with Crippen LogP contribution in [0, 0.1) is 0 Å². The Morgan fingerprint density at radius 3 is 2.35 bits per heavy atom. The van der Waals surface area contributed by atoms with Gasteiger partial charge in [0.1, 0.15) is 13.2 Å². The summed E-state index contributed by atoms with van der Waals surface area (Å²) >= 11 is 0. The number of carbonyl (C=O) groups is 2. The van der Waals surface area contributed by atoms with Gasteiger partial charge in [-0.15, -0.1) is 0 Å². The van der Waals surface area contributed by atoms with Gasteiger partial charge in [0.15, 0.2) is 11.5 Å². The molecule has 6 nitrogen and oxygen atoms in total. The van der Waals surface area contributed by atoms with Crippen LogP contribution in [0.5, 0.6) is 11.5 Å². The first-order chi connectivity index (χ1) is 12.6. The van der Waals surface area contributed by atoms with Gasteiger partial charge in [-0.2, -0.15) is 0 Å². The third-order valence-corrected chi connectivity index (χ3v) is 4.18. The van der Waals surface area contributed by atoms with Crippen molar-refractivity contribution in [3.63, 3.8) is 0 Å². The van der Waals surface area contributed by atoms with Crippen LogP contribution in [0.4, 0.5) is 0 Å². The number of ether oxygens (including phenoxy) is 2. The zero-order valence-electron chi connectivity index (χ0n) is 14.4. The second-order valence-electron chi connectivity index (χ2n) is 6.08. The van der Waals surface area contributed by atoms with Crippen molar-refractivity contribution in [3.8, 4) is 11.5 Å². The van der Waals surface area contributed by atoms with Crippen LogP contribution in [-0.4, -0.2) is 36.7 Å². The summed E-state index contributed by atoms with van der Waals surface area (Å²) in [6.45, 7) is 1.68. The van der Waals surface area contributed by atoms with E-state index in [0.29, 0.717) is 32.6 Å². The topological polar surface area (TPSA) is 84.9 Å². The lowest BCUT2D eigenvalue weighted by Gasteiger charge is -2.18. The molecule has 6 heteroatoms. The highest BCUT2D eigenvalue weighted by Crippen LogP contribution is 2.30. The number of aromatic carboxylic acids is 1. The number of carboxylic acids is 1. The van der Waals surface area contributed by atoms with Gasteiger partial charge in [0.05, 0.1) is 5.56 Å². The largest absolute Gasteiger partial charge is 0.486 e. The molecule has 0 saturated carbocycles. The SMILES string of the molecule is O=C(CCc1ccc(C(=O)O)cc1)NCCc1ccc2c(c1)OCCO2. The lowest BCUT2D eigenvalue weighted by Crippen LogP contribution is -2.26. The number of amides is 1. The van der Waals surface area contributed by atoms with E-state index in [4.69, 9.17) is 14.6 Å². The van der Waals surface area contributed by atoms with E-state index >= 15 is 0 Å². The number of hydrogen-bond acceptors (Lipinski definition) is 4. The molecular formula is C20H21NO5. The van der Waals surface area contributed by atoms with Crippen molar-refractivity contribution in [2.45, 2.75) is 19.3 Å². The highest BCUT2D eigenvalue weighted by atomic mass is 16.6. The highest BCUT2D eigenvalue weighted by molar-refractivity contribution is 5.87. The van der Waals surface area contributed by atoms with Crippen LogP contribution in [0.1, 0.15) is 27.9 Å². The fourth-order valence-corrected chi connectivity index (χ4v) is 2.75. The molecule has 0 atom stereocenters. The smallest absolute Gasteiger partial charge is 0.335 e. The molecule has 0 fully saturated rings. The third-order valence-electron chi connectivity index (χ3n) is 4.18. The van der Waals surface area contributed by atoms with Gasteiger partial charge in [0, 0.05) is 13.0 Å². The summed E-state index contributed by atoms with van der Waals surface area (Å²) in [7, 11) is 0. The first-order valence-corrected chi connectivity index (χ1v) is 8.59. The van der Waals surface area contributed by atoms with Gasteiger partial charge in [-0.25, -0.2) is 4.79 Å². The number of benzene rings is 2. The number of carbonyl (C=O) groups excluding carboxylic acids is 1. The molecule has 1 amide bonds. The Labute approximate surface area is 151 Å². The van der Waals surface area contributed by atoms with Gasteiger partial charge in [-0.1, -0.05) is 18.2 Å². The van der Waals surface area contributed by atoms with Crippen molar-refractivity contribution < 1.29 is 24.2 Å². The first-order valence-electron chi connectivity index (χ1n) is 8.59. The third kappa shape index (κ3) is 4.75. The predicted molar refractivity (Wildman–Crippen MR) is 95.9 cm³/mol. The molecule has 2 aromatic carbocycles. The maximum Gasteiger partial charge on any atom is 0.335 e. The standard InChI is InChI=1S/C20H21NO5/c22-19(8-4-14-1-5-16(6-2-14)20(23)24)21-10-9-15-3-7-17-18(13-15)26-12-11-25-17/h1-3,5-7,13H,4,8-12H2,(H,21,22)(H,23,24). The molecule has 0 aromatic heterocycles. The number of nitrogens with one attached hydrogen (secondary N) is 1. The minimum Gasteiger partial charge on any atom is -0.486 e. The Bertz CT molecular complexity index is 785. The lowest BCUT2D eigenvalue weighted by atomic mass is 10.1. The zero-order chi connectivity index (χ0) is 18.4. The minimum absolute atomic E-state index is 0.0233. The summed E-state index contributed by atoms with van der Waals surface area (Å²) in [5.74, 6) is 0.543. The molecule has 3 rings (SSSR count). The van der Waals surface area contributed by atoms with Crippen LogP contribution in [0.3, 0.4) is 0 Å². The number of rotatable bonds is 7. The average molecular weight is 355 g/mol. The molecule has 0 aliphatic carbocycles. The van der Waals surface area contributed by atoms with E-state index in [1.165, 1.54) is 0 Å². The molecule has 26 heavy (non-hydrogen) atoms. The molecular weight excluding hydrogens is 334 g/mol. The predicted octanol–water partition coefficient (Wildman–Crippen LogP) is 2.45. The molecule has 1 aliphatic heterocycles. The fraction of sp³-hybridized carbons (Fsp3) is 0.300. The minimum atomic E-state index is -0.951. The molecule has 2 N–H and O–H groups in total. The summed E-state index contributed by atoms with van der Waals surface area (Å²) in [4.78, 5) is 22.8. The van der Waals surface area contributed by atoms with Crippen molar-refractivity contribution in [2.24, 2.45) is 0 Å². The maximum atomic E-state index is 12.0. The molecule has 0 unspecified atom stereocenters. The van der Waals surface area contributed by atoms with Crippen LogP contribution in [0.15, 0.2) is 42.5 Å². The summed E-state index contributed by atoms with van der Waals surface area (Å²) in [6, 6.07) is 12.4. The van der Waals surface area contributed by atoms with Gasteiger partial charge >= 0.3 is 5.97 Å². The Morgan fingerprint density at radius 2 is 1.62 bits per heavy atom. The summed E-state index contributed by atoms with van der Waals surface area (Å²) in [6.07, 6.45) is 1.67. The highest BCUT2D eigenvalue weighted by Gasteiger charge is 2.11. The van der Waals surface area contributed by atoms with Crippen LogP contribution >= 0.6 is 0 Å². The molecule has 0 saturated heterocycles. The van der Waals surface area contributed by atoms with Crippen LogP contribution in [0.25, 0.3) is 0 Å². The molecule has 0 radical (unpaired) electrons. The quantitative estimate of drug-likeness (QED) is 0.797. The van der Waals surface area contributed by atoms with Crippen LogP contribution < -0.4 is 14.8 Å². The zero-order valence-corrected chi connectivity index (χ0v) is 14.4. The van der Waals surface area contributed by atoms with Crippen molar-refractivity contribution in [1.82, 2.24) is 5.32 Å². The van der Waals surface area contributed by atoms with Crippen LogP contribution in [0.2, 0.25) is 0 Å². The number of hydrogen-bond donors (Lipinski definition) is 2. The van der Waals surface area contributed by atoms with E-state index in [1.807, 2.05) is 18.2 Å². The van der Waals surface area contributed by atoms with Crippen molar-refractivity contribution in [3.05, 3.63) is 59.2 Å². The molecule has 2 aromatic rings. The van der Waals surface area contributed by atoms with Gasteiger partial charge in [-0.3, -0.25) is 4.79 Å². The maximum absolute atomic E-state index is 12.0. The normalized spacial score (nSPS) is 12.5. The molecule has 136 valence electrons. The second-order valence-corrected chi connectivity index (χ2v) is 6.08. The Morgan fingerprint density at radius 1 is 0.923 bits per heavy atom. The van der Waals surface area contributed by atoms with Crippen molar-refractivity contribution in [1.29, 1.82) is 0 Å². The Kier molecular flexibility index (Phi) is 5.73. The molecule has 1 heterocycles. The Hall–Kier alpha value is -3.02. The average Bonchev–Trinajstić information content (AvgIpc) is 2.66. The molecule has 0 spiro atoms. The first kappa shape index (κ1) is 17.8. The number of aryl methyl sites for hydroxylation is 1. The van der Waals surface area contributed by atoms with E-state index in [9.17, 15) is 9.59 Å². The van der Waals surface area contributed by atoms with E-state index in [0.717, 1.165) is 29.0 Å². The van der Waals surface area contributed by atoms with Gasteiger partial charge in [0.25, 0.3) is 0 Å². The van der Waals surface area contributed by atoms with E-state index in [1.54, 1.807) is 24.3 Å². The Balaban J connectivity index is 1.41. The van der Waals surface area contributed by atoms with Crippen molar-refractivity contribution >= 4 is 11.9 Å². The van der Waals surface area contributed by atoms with E-state index < -0.39 is 5.97 Å². The summed E-state index contributed by atoms with van der Waals surface area (Å²) in [5.41, 5.74) is 2.27. The van der Waals surface area contributed by atoms with Crippen LogP contribution in [-0.2, 0) is 17.6 Å². The molecule has 0 bridgehead atoms.